The fourth-order valence-corrected chi connectivity index (χ4v) is 6.55. The summed E-state index contributed by atoms with van der Waals surface area (Å²) in [7, 11) is -11.6. The molecule has 0 aromatic heterocycles. The van der Waals surface area contributed by atoms with Gasteiger partial charge in [0, 0.05) is 17.3 Å². The fraction of sp³-hybridized carbons (Fsp3) is 0.200. The Hall–Kier alpha value is -1.47. The molecule has 8 nitrogen and oxygen atoms in total. The molecule has 0 radical (unpaired) electrons. The first-order chi connectivity index (χ1) is 12.3. The Morgan fingerprint density at radius 3 is 2.19 bits per heavy atom. The summed E-state index contributed by atoms with van der Waals surface area (Å²) in [6.07, 6.45) is 1.30. The van der Waals surface area contributed by atoms with Crippen molar-refractivity contribution in [3.63, 3.8) is 0 Å². The summed E-state index contributed by atoms with van der Waals surface area (Å²) in [6.45, 7) is 0.0985. The van der Waals surface area contributed by atoms with E-state index in [2.05, 4.69) is 15.9 Å². The van der Waals surface area contributed by atoms with E-state index in [0.29, 0.717) is 17.7 Å². The van der Waals surface area contributed by atoms with Crippen molar-refractivity contribution < 1.29 is 25.3 Å². The first-order valence-corrected chi connectivity index (χ1v) is 13.2. The normalized spacial score (nSPS) is 15.0. The first-order valence-electron chi connectivity index (χ1n) is 7.50. The lowest BCUT2D eigenvalue weighted by atomic mass is 10.2. The van der Waals surface area contributed by atoms with Gasteiger partial charge in [-0.25, -0.2) is 30.4 Å². The van der Waals surface area contributed by atoms with Crippen molar-refractivity contribution in [2.75, 3.05) is 17.1 Å². The van der Waals surface area contributed by atoms with Gasteiger partial charge in [-0.2, -0.15) is 0 Å². The monoisotopic (exact) mass is 494 g/mol. The van der Waals surface area contributed by atoms with Crippen LogP contribution in [0.4, 0.5) is 5.69 Å². The largest absolute Gasteiger partial charge is 0.266 e. The number of benzene rings is 2. The third kappa shape index (κ3) is 3.76. The average Bonchev–Trinajstić information content (AvgIpc) is 2.97. The Balaban J connectivity index is 2.12. The van der Waals surface area contributed by atoms with Gasteiger partial charge in [0.25, 0.3) is 10.0 Å². The summed E-state index contributed by atoms with van der Waals surface area (Å²) in [6, 6.07) is 7.75. The van der Waals surface area contributed by atoms with Crippen LogP contribution in [-0.2, 0) is 36.3 Å². The molecule has 0 bridgehead atoms. The second-order valence-electron chi connectivity index (χ2n) is 6.03. The van der Waals surface area contributed by atoms with Gasteiger partial charge in [-0.05, 0) is 64.3 Å². The zero-order chi connectivity index (χ0) is 20.2. The van der Waals surface area contributed by atoms with Crippen LogP contribution in [0.1, 0.15) is 5.56 Å². The van der Waals surface area contributed by atoms with Crippen LogP contribution in [0.5, 0.6) is 0 Å². The molecule has 1 heterocycles. The van der Waals surface area contributed by atoms with Crippen molar-refractivity contribution in [2.45, 2.75) is 21.1 Å². The van der Waals surface area contributed by atoms with Crippen LogP contribution >= 0.6 is 15.9 Å². The van der Waals surface area contributed by atoms with E-state index in [0.717, 1.165) is 16.6 Å². The van der Waals surface area contributed by atoms with E-state index in [-0.39, 0.29) is 25.7 Å². The molecule has 0 saturated heterocycles. The Bertz CT molecular complexity index is 1250. The fourth-order valence-electron chi connectivity index (χ4n) is 2.81. The topological polar surface area (TPSA) is 132 Å². The number of fused-ring (bicyclic) bond motifs is 1. The summed E-state index contributed by atoms with van der Waals surface area (Å²) in [4.78, 5) is -0.400. The minimum atomic E-state index is -4.07. The molecule has 2 aromatic rings. The van der Waals surface area contributed by atoms with E-state index in [1.807, 2.05) is 0 Å². The number of hydrogen-bond acceptors (Lipinski definition) is 6. The summed E-state index contributed by atoms with van der Waals surface area (Å²) >= 11 is 3.16. The maximum Gasteiger partial charge on any atom is 0.265 e. The smallest absolute Gasteiger partial charge is 0.265 e. The third-order valence-corrected chi connectivity index (χ3v) is 8.96. The molecule has 2 N–H and O–H groups in total. The molecule has 2 aromatic carbocycles. The maximum absolute atomic E-state index is 13.1. The molecule has 0 unspecified atom stereocenters. The lowest BCUT2D eigenvalue weighted by Gasteiger charge is -2.21. The van der Waals surface area contributed by atoms with Crippen molar-refractivity contribution >= 4 is 51.5 Å². The van der Waals surface area contributed by atoms with E-state index >= 15 is 0 Å². The molecule has 146 valence electrons. The van der Waals surface area contributed by atoms with Gasteiger partial charge in [-0.3, -0.25) is 4.31 Å². The highest BCUT2D eigenvalue weighted by atomic mass is 79.9. The molecule has 0 fully saturated rings. The van der Waals surface area contributed by atoms with Crippen molar-refractivity contribution in [1.29, 1.82) is 0 Å². The van der Waals surface area contributed by atoms with E-state index in [4.69, 9.17) is 5.14 Å². The zero-order valence-electron chi connectivity index (χ0n) is 14.0. The summed E-state index contributed by atoms with van der Waals surface area (Å²) in [5.41, 5.74) is 0.861. The lowest BCUT2D eigenvalue weighted by molar-refractivity contribution is 0.591. The van der Waals surface area contributed by atoms with Crippen LogP contribution in [-0.4, -0.2) is 38.1 Å². The highest BCUT2D eigenvalue weighted by Gasteiger charge is 2.33. The molecule has 0 saturated carbocycles. The number of halogens is 1. The van der Waals surface area contributed by atoms with Gasteiger partial charge in [-0.15, -0.1) is 0 Å². The molecule has 3 rings (SSSR count). The molecular weight excluding hydrogens is 480 g/mol. The van der Waals surface area contributed by atoms with E-state index in [1.54, 1.807) is 0 Å². The third-order valence-electron chi connectivity index (χ3n) is 4.13. The van der Waals surface area contributed by atoms with E-state index in [9.17, 15) is 25.3 Å². The predicted molar refractivity (Wildman–Crippen MR) is 103 cm³/mol. The Kier molecular flexibility index (Phi) is 4.92. The molecule has 1 aliphatic rings. The number of rotatable bonds is 4. The second kappa shape index (κ2) is 6.55. The Morgan fingerprint density at radius 1 is 0.963 bits per heavy atom. The first kappa shape index (κ1) is 20.3. The number of sulfone groups is 1. The highest BCUT2D eigenvalue weighted by Crippen LogP contribution is 2.36. The SMILES string of the molecule is CS(=O)(=O)c1ccc(Br)c(S(=O)(=O)N2CCc3cc(S(N)(=O)=O)ccc32)c1. The summed E-state index contributed by atoms with van der Waals surface area (Å²) in [5.74, 6) is 0. The van der Waals surface area contributed by atoms with E-state index < -0.39 is 29.9 Å². The van der Waals surface area contributed by atoms with Gasteiger partial charge in [0.1, 0.15) is 4.90 Å². The van der Waals surface area contributed by atoms with Crippen molar-refractivity contribution in [2.24, 2.45) is 5.14 Å². The van der Waals surface area contributed by atoms with Gasteiger partial charge in [0.2, 0.25) is 10.0 Å². The summed E-state index contributed by atoms with van der Waals surface area (Å²) < 4.78 is 74.2. The zero-order valence-corrected chi connectivity index (χ0v) is 18.0. The van der Waals surface area contributed by atoms with E-state index in [1.165, 1.54) is 30.3 Å². The van der Waals surface area contributed by atoms with Gasteiger partial charge in [0.05, 0.1) is 15.5 Å². The van der Waals surface area contributed by atoms with Crippen LogP contribution in [0.3, 0.4) is 0 Å². The number of anilines is 1. The Labute approximate surface area is 166 Å². The number of hydrogen-bond donors (Lipinski definition) is 1. The van der Waals surface area contributed by atoms with Crippen LogP contribution in [0.25, 0.3) is 0 Å². The molecule has 0 amide bonds. The quantitative estimate of drug-likeness (QED) is 0.679. The molecule has 0 atom stereocenters. The minimum absolute atomic E-state index is 0.0965. The van der Waals surface area contributed by atoms with Crippen LogP contribution in [0.15, 0.2) is 55.6 Å². The molecule has 0 spiro atoms. The molecule has 12 heteroatoms. The average molecular weight is 495 g/mol. The lowest BCUT2D eigenvalue weighted by Crippen LogP contribution is -2.29. The number of nitrogens with zero attached hydrogens (tertiary/aromatic N) is 1. The molecular formula is C15H15BrN2O6S3. The second-order valence-corrected chi connectivity index (χ2v) is 12.3. The van der Waals surface area contributed by atoms with Gasteiger partial charge in [0.15, 0.2) is 9.84 Å². The van der Waals surface area contributed by atoms with Gasteiger partial charge in [-0.1, -0.05) is 0 Å². The van der Waals surface area contributed by atoms with Crippen molar-refractivity contribution in [3.05, 3.63) is 46.4 Å². The van der Waals surface area contributed by atoms with Crippen molar-refractivity contribution in [1.82, 2.24) is 0 Å². The highest BCUT2D eigenvalue weighted by molar-refractivity contribution is 9.10. The van der Waals surface area contributed by atoms with Gasteiger partial charge >= 0.3 is 0 Å². The van der Waals surface area contributed by atoms with Crippen LogP contribution < -0.4 is 9.44 Å². The Morgan fingerprint density at radius 2 is 1.59 bits per heavy atom. The standard InChI is InChI=1S/C15H15BrN2O6S3/c1-25(19,20)11-2-4-13(16)15(9-11)27(23,24)18-7-6-10-8-12(26(17,21)22)3-5-14(10)18/h2-5,8-9H,6-7H2,1H3,(H2,17,21,22). The molecule has 1 aliphatic heterocycles. The summed E-state index contributed by atoms with van der Waals surface area (Å²) in [5, 5.41) is 5.12. The molecule has 27 heavy (non-hydrogen) atoms. The number of nitrogens with two attached hydrogens (primary N) is 1. The maximum atomic E-state index is 13.1. The van der Waals surface area contributed by atoms with Crippen molar-refractivity contribution in [3.8, 4) is 0 Å². The molecule has 0 aliphatic carbocycles. The predicted octanol–water partition coefficient (Wildman–Crippen LogP) is 1.25. The number of primary sulfonamides is 1. The number of sulfonamides is 2. The van der Waals surface area contributed by atoms with Gasteiger partial charge < -0.3 is 0 Å². The minimum Gasteiger partial charge on any atom is -0.266 e. The van der Waals surface area contributed by atoms with Crippen LogP contribution in [0.2, 0.25) is 0 Å². The van der Waals surface area contributed by atoms with Crippen LogP contribution in [0, 0.1) is 0 Å².